The van der Waals surface area contributed by atoms with Gasteiger partial charge in [-0.1, -0.05) is 0 Å². The van der Waals surface area contributed by atoms with E-state index in [0.717, 1.165) is 41.4 Å². The number of nitrogens with zero attached hydrogens (tertiary/aromatic N) is 2. The first-order valence-electron chi connectivity index (χ1n) is 6.34. The van der Waals surface area contributed by atoms with E-state index in [0.29, 0.717) is 3.57 Å². The number of rotatable bonds is 1. The molecule has 0 spiro atoms. The molecule has 3 nitrogen and oxygen atoms in total. The minimum atomic E-state index is -0.215. The molecule has 1 atom stereocenters. The lowest BCUT2D eigenvalue weighted by Crippen LogP contribution is -2.19. The molecule has 1 aromatic carbocycles. The lowest BCUT2D eigenvalue weighted by Gasteiger charge is -2.23. The van der Waals surface area contributed by atoms with Gasteiger partial charge in [0.15, 0.2) is 6.23 Å². The number of halogens is 5. The predicted molar refractivity (Wildman–Crippen MR) is 95.5 cm³/mol. The fourth-order valence-corrected chi connectivity index (χ4v) is 3.19. The zero-order valence-corrected chi connectivity index (χ0v) is 16.2. The summed E-state index contributed by atoms with van der Waals surface area (Å²) in [6.07, 6.45) is 3.06. The van der Waals surface area contributed by atoms with E-state index >= 15 is 0 Å². The second-order valence-corrected chi connectivity index (χ2v) is 7.16. The molecule has 0 amide bonds. The molecular formula is C13H13BrCl2FIN2O. The first kappa shape index (κ1) is 17.7. The van der Waals surface area contributed by atoms with Crippen LogP contribution in [0, 0.1) is 9.39 Å². The van der Waals surface area contributed by atoms with E-state index in [9.17, 15) is 4.39 Å². The van der Waals surface area contributed by atoms with Gasteiger partial charge in [0.1, 0.15) is 10.4 Å². The van der Waals surface area contributed by atoms with Crippen LogP contribution in [0.15, 0.2) is 16.7 Å². The van der Waals surface area contributed by atoms with E-state index in [4.69, 9.17) is 27.9 Å². The predicted octanol–water partition coefficient (Wildman–Crippen LogP) is 5.66. The van der Waals surface area contributed by atoms with Gasteiger partial charge in [-0.2, -0.15) is 5.10 Å². The largest absolute Gasteiger partial charge is 0.356 e. The molecule has 0 saturated carbocycles. The van der Waals surface area contributed by atoms with E-state index in [1.54, 1.807) is 4.68 Å². The van der Waals surface area contributed by atoms with E-state index in [1.165, 1.54) is 6.07 Å². The van der Waals surface area contributed by atoms with Gasteiger partial charge in [0.05, 0.1) is 10.9 Å². The Bertz CT molecular complexity index is 620. The molecule has 0 aliphatic carbocycles. The Hall–Kier alpha value is 0.370. The van der Waals surface area contributed by atoms with Crippen LogP contribution < -0.4 is 0 Å². The maximum absolute atomic E-state index is 13.7. The fourth-order valence-electron chi connectivity index (χ4n) is 2.23. The summed E-state index contributed by atoms with van der Waals surface area (Å²) < 4.78 is 22.5. The molecular weight excluding hydrogens is 497 g/mol. The lowest BCUT2D eigenvalue weighted by atomic mass is 10.2. The van der Waals surface area contributed by atoms with Crippen LogP contribution in [-0.4, -0.2) is 21.7 Å². The summed E-state index contributed by atoms with van der Waals surface area (Å²) in [6.45, 7) is 0.747. The third kappa shape index (κ3) is 4.22. The maximum Gasteiger partial charge on any atom is 0.150 e. The quantitative estimate of drug-likeness (QED) is 0.366. The van der Waals surface area contributed by atoms with Crippen molar-refractivity contribution in [2.75, 3.05) is 11.9 Å². The number of alkyl halides is 2. The third-order valence-corrected chi connectivity index (χ3v) is 4.54. The van der Waals surface area contributed by atoms with Crippen LogP contribution >= 0.6 is 61.7 Å². The standard InChI is InChI=1S/C12H11BrFIN2O.CH2Cl2/c13-12-7-5-9(15)8(14)6-10(7)17(16-12)11-3-1-2-4-18-11;2-1-3/h5-6,11H,1-4H2;1H2. The Morgan fingerprint density at radius 3 is 2.76 bits per heavy atom. The van der Waals surface area contributed by atoms with Gasteiger partial charge < -0.3 is 4.74 Å². The molecule has 0 radical (unpaired) electrons. The van der Waals surface area contributed by atoms with Crippen molar-refractivity contribution in [3.8, 4) is 0 Å². The van der Waals surface area contributed by atoms with Gasteiger partial charge in [0.2, 0.25) is 0 Å². The van der Waals surface area contributed by atoms with Gasteiger partial charge in [0.25, 0.3) is 0 Å². The average molecular weight is 510 g/mol. The van der Waals surface area contributed by atoms with Crippen molar-refractivity contribution in [3.63, 3.8) is 0 Å². The molecule has 3 rings (SSSR count). The van der Waals surface area contributed by atoms with Gasteiger partial charge in [0, 0.05) is 21.6 Å². The molecule has 1 aliphatic rings. The van der Waals surface area contributed by atoms with Crippen LogP contribution in [0.3, 0.4) is 0 Å². The summed E-state index contributed by atoms with van der Waals surface area (Å²) >= 11 is 14.9. The van der Waals surface area contributed by atoms with Gasteiger partial charge >= 0.3 is 0 Å². The van der Waals surface area contributed by atoms with Crippen molar-refractivity contribution in [2.45, 2.75) is 25.5 Å². The van der Waals surface area contributed by atoms with Crippen LogP contribution in [0.2, 0.25) is 0 Å². The maximum atomic E-state index is 13.7. The number of aromatic nitrogens is 2. The SMILES string of the molecule is ClCCl.Fc1cc2c(cc1I)c(Br)nn2C1CCCCO1. The van der Waals surface area contributed by atoms with Gasteiger partial charge in [-0.15, -0.1) is 23.2 Å². The second kappa shape index (κ2) is 8.29. The molecule has 1 aliphatic heterocycles. The Morgan fingerprint density at radius 2 is 2.14 bits per heavy atom. The van der Waals surface area contributed by atoms with Crippen LogP contribution in [0.4, 0.5) is 4.39 Å². The summed E-state index contributed by atoms with van der Waals surface area (Å²) in [5.41, 5.74) is 0.784. The summed E-state index contributed by atoms with van der Waals surface area (Å²) in [6, 6.07) is 3.34. The second-order valence-electron chi connectivity index (χ2n) is 4.44. The highest BCUT2D eigenvalue weighted by Crippen LogP contribution is 2.32. The van der Waals surface area contributed by atoms with E-state index in [1.807, 2.05) is 28.7 Å². The molecule has 21 heavy (non-hydrogen) atoms. The number of ether oxygens (including phenoxy) is 1. The molecule has 1 fully saturated rings. The highest BCUT2D eigenvalue weighted by molar-refractivity contribution is 14.1. The van der Waals surface area contributed by atoms with Crippen molar-refractivity contribution >= 4 is 72.6 Å². The van der Waals surface area contributed by atoms with Gasteiger partial charge in [-0.25, -0.2) is 9.07 Å². The third-order valence-electron chi connectivity index (χ3n) is 3.13. The molecule has 2 aromatic rings. The zero-order valence-electron chi connectivity index (χ0n) is 11.0. The smallest absolute Gasteiger partial charge is 0.150 e. The van der Waals surface area contributed by atoms with Crippen LogP contribution in [0.1, 0.15) is 25.5 Å². The van der Waals surface area contributed by atoms with Crippen molar-refractivity contribution < 1.29 is 9.13 Å². The molecule has 1 saturated heterocycles. The molecule has 1 unspecified atom stereocenters. The normalized spacial score (nSPS) is 18.4. The fraction of sp³-hybridized carbons (Fsp3) is 0.462. The minimum absolute atomic E-state index is 0.0768. The van der Waals surface area contributed by atoms with Gasteiger partial charge in [-0.3, -0.25) is 0 Å². The topological polar surface area (TPSA) is 27.1 Å². The Balaban J connectivity index is 0.000000497. The van der Waals surface area contributed by atoms with E-state index < -0.39 is 0 Å². The molecule has 0 N–H and O–H groups in total. The van der Waals surface area contributed by atoms with Crippen LogP contribution in [0.25, 0.3) is 10.9 Å². The Morgan fingerprint density at radius 1 is 1.43 bits per heavy atom. The van der Waals surface area contributed by atoms with Crippen LogP contribution in [-0.2, 0) is 4.74 Å². The van der Waals surface area contributed by atoms with Gasteiger partial charge in [-0.05, 0) is 63.8 Å². The highest BCUT2D eigenvalue weighted by atomic mass is 127. The number of fused-ring (bicyclic) bond motifs is 1. The number of benzene rings is 1. The van der Waals surface area contributed by atoms with Crippen molar-refractivity contribution in [1.29, 1.82) is 0 Å². The average Bonchev–Trinajstić information content (AvgIpc) is 2.78. The molecule has 0 bridgehead atoms. The molecule has 1 aromatic heterocycles. The van der Waals surface area contributed by atoms with Crippen molar-refractivity contribution in [2.24, 2.45) is 0 Å². The zero-order chi connectivity index (χ0) is 15.4. The van der Waals surface area contributed by atoms with E-state index in [2.05, 4.69) is 21.0 Å². The summed E-state index contributed by atoms with van der Waals surface area (Å²) in [4.78, 5) is 0. The lowest BCUT2D eigenvalue weighted by molar-refractivity contribution is -0.0368. The van der Waals surface area contributed by atoms with E-state index in [-0.39, 0.29) is 17.4 Å². The Kier molecular flexibility index (Phi) is 6.99. The minimum Gasteiger partial charge on any atom is -0.356 e. The molecule has 116 valence electrons. The molecule has 2 heterocycles. The number of hydrogen-bond donors (Lipinski definition) is 0. The first-order chi connectivity index (χ1) is 10.1. The highest BCUT2D eigenvalue weighted by Gasteiger charge is 2.21. The summed E-state index contributed by atoms with van der Waals surface area (Å²) in [7, 11) is 0. The van der Waals surface area contributed by atoms with Crippen molar-refractivity contribution in [3.05, 3.63) is 26.1 Å². The van der Waals surface area contributed by atoms with Crippen molar-refractivity contribution in [1.82, 2.24) is 9.78 Å². The number of hydrogen-bond acceptors (Lipinski definition) is 2. The first-order valence-corrected chi connectivity index (χ1v) is 9.29. The van der Waals surface area contributed by atoms with Crippen LogP contribution in [0.5, 0.6) is 0 Å². The monoisotopic (exact) mass is 508 g/mol. The molecule has 8 heteroatoms. The Labute approximate surface area is 154 Å². The summed E-state index contributed by atoms with van der Waals surface area (Å²) in [5.74, 6) is -0.215. The summed E-state index contributed by atoms with van der Waals surface area (Å²) in [5, 5.41) is 5.55.